The standard InChI is InChI=1S/C22H21BrN2O4S/c1-16-12-13-20(29-2)21(14-16)30(27,28)25(17-8-4-3-5-9-17)15-22(26)24-19-11-7-6-10-18(19)23/h3-14H,15H2,1-2H3,(H,24,26). The Kier molecular flexibility index (Phi) is 6.79. The molecule has 0 bridgehead atoms. The number of nitrogens with one attached hydrogen (secondary N) is 1. The van der Waals surface area contributed by atoms with E-state index < -0.39 is 22.5 Å². The van der Waals surface area contributed by atoms with Gasteiger partial charge in [0.15, 0.2) is 0 Å². The van der Waals surface area contributed by atoms with Crippen molar-refractivity contribution in [2.24, 2.45) is 0 Å². The summed E-state index contributed by atoms with van der Waals surface area (Å²) < 4.78 is 34.2. The molecule has 8 heteroatoms. The van der Waals surface area contributed by atoms with Crippen LogP contribution < -0.4 is 14.4 Å². The highest BCUT2D eigenvalue weighted by atomic mass is 79.9. The molecule has 0 aliphatic carbocycles. The van der Waals surface area contributed by atoms with Gasteiger partial charge < -0.3 is 10.1 Å². The van der Waals surface area contributed by atoms with Crippen LogP contribution in [0.15, 0.2) is 82.2 Å². The van der Waals surface area contributed by atoms with E-state index in [0.29, 0.717) is 15.8 Å². The van der Waals surface area contributed by atoms with Gasteiger partial charge in [0.1, 0.15) is 17.2 Å². The van der Waals surface area contributed by atoms with Gasteiger partial charge in [0.2, 0.25) is 5.91 Å². The first-order valence-electron chi connectivity index (χ1n) is 9.09. The van der Waals surface area contributed by atoms with Gasteiger partial charge in [0.25, 0.3) is 10.0 Å². The lowest BCUT2D eigenvalue weighted by Crippen LogP contribution is -2.38. The molecule has 0 saturated carbocycles. The van der Waals surface area contributed by atoms with Crippen molar-refractivity contribution in [3.05, 3.63) is 82.8 Å². The van der Waals surface area contributed by atoms with Gasteiger partial charge in [-0.15, -0.1) is 0 Å². The van der Waals surface area contributed by atoms with Crippen LogP contribution in [0.1, 0.15) is 5.56 Å². The van der Waals surface area contributed by atoms with Crippen molar-refractivity contribution >= 4 is 43.2 Å². The predicted molar refractivity (Wildman–Crippen MR) is 121 cm³/mol. The molecule has 3 aromatic carbocycles. The molecule has 0 aliphatic rings. The van der Waals surface area contributed by atoms with E-state index in [1.54, 1.807) is 67.6 Å². The first-order valence-corrected chi connectivity index (χ1v) is 11.3. The molecule has 0 aromatic heterocycles. The number of hydrogen-bond acceptors (Lipinski definition) is 4. The van der Waals surface area contributed by atoms with Crippen LogP contribution in [0, 0.1) is 6.92 Å². The van der Waals surface area contributed by atoms with Gasteiger partial charge in [-0.2, -0.15) is 0 Å². The highest BCUT2D eigenvalue weighted by Gasteiger charge is 2.30. The number of para-hydroxylation sites is 2. The molecular formula is C22H21BrN2O4S. The largest absolute Gasteiger partial charge is 0.495 e. The Morgan fingerprint density at radius 1 is 1.03 bits per heavy atom. The first kappa shape index (κ1) is 21.9. The monoisotopic (exact) mass is 488 g/mol. The second-order valence-corrected chi connectivity index (χ2v) is 9.21. The number of aryl methyl sites for hydroxylation is 1. The van der Waals surface area contributed by atoms with Gasteiger partial charge in [-0.25, -0.2) is 8.42 Å². The fraction of sp³-hybridized carbons (Fsp3) is 0.136. The van der Waals surface area contributed by atoms with Crippen molar-refractivity contribution in [1.29, 1.82) is 0 Å². The number of amides is 1. The smallest absolute Gasteiger partial charge is 0.268 e. The molecular weight excluding hydrogens is 468 g/mol. The molecule has 30 heavy (non-hydrogen) atoms. The van der Waals surface area contributed by atoms with Crippen molar-refractivity contribution in [2.45, 2.75) is 11.8 Å². The minimum absolute atomic E-state index is 0.00236. The highest BCUT2D eigenvalue weighted by molar-refractivity contribution is 9.10. The third-order valence-corrected chi connectivity index (χ3v) is 6.85. The van der Waals surface area contributed by atoms with Crippen LogP contribution in [0.5, 0.6) is 5.75 Å². The van der Waals surface area contributed by atoms with E-state index in [0.717, 1.165) is 9.87 Å². The molecule has 3 rings (SSSR count). The molecule has 0 aliphatic heterocycles. The van der Waals surface area contributed by atoms with Crippen LogP contribution in [0.4, 0.5) is 11.4 Å². The fourth-order valence-corrected chi connectivity index (χ4v) is 4.94. The van der Waals surface area contributed by atoms with Crippen molar-refractivity contribution in [2.75, 3.05) is 23.3 Å². The van der Waals surface area contributed by atoms with Crippen LogP contribution in [0.3, 0.4) is 0 Å². The molecule has 0 heterocycles. The van der Waals surface area contributed by atoms with E-state index in [1.807, 2.05) is 6.07 Å². The molecule has 0 saturated heterocycles. The number of hydrogen-bond donors (Lipinski definition) is 1. The number of rotatable bonds is 7. The molecule has 0 unspecified atom stereocenters. The van der Waals surface area contributed by atoms with Gasteiger partial charge in [0, 0.05) is 4.47 Å². The van der Waals surface area contributed by atoms with Crippen LogP contribution in [0.2, 0.25) is 0 Å². The normalized spacial score (nSPS) is 11.0. The van der Waals surface area contributed by atoms with E-state index in [4.69, 9.17) is 4.74 Å². The van der Waals surface area contributed by atoms with Gasteiger partial charge in [-0.3, -0.25) is 9.10 Å². The van der Waals surface area contributed by atoms with Gasteiger partial charge in [-0.05, 0) is 64.8 Å². The summed E-state index contributed by atoms with van der Waals surface area (Å²) in [4.78, 5) is 12.8. The third-order valence-electron chi connectivity index (χ3n) is 4.37. The number of ether oxygens (including phenoxy) is 1. The van der Waals surface area contributed by atoms with E-state index in [2.05, 4.69) is 21.2 Å². The van der Waals surface area contributed by atoms with Gasteiger partial charge in [0.05, 0.1) is 18.5 Å². The highest BCUT2D eigenvalue weighted by Crippen LogP contribution is 2.31. The molecule has 0 atom stereocenters. The number of nitrogens with zero attached hydrogens (tertiary/aromatic N) is 1. The van der Waals surface area contributed by atoms with E-state index >= 15 is 0 Å². The van der Waals surface area contributed by atoms with Crippen molar-refractivity contribution < 1.29 is 17.9 Å². The second-order valence-electron chi connectivity index (χ2n) is 6.53. The number of benzene rings is 3. The topological polar surface area (TPSA) is 75.7 Å². The summed E-state index contributed by atoms with van der Waals surface area (Å²) in [6, 6.07) is 20.5. The SMILES string of the molecule is COc1ccc(C)cc1S(=O)(=O)N(CC(=O)Nc1ccccc1Br)c1ccccc1. The number of carbonyl (C=O) groups excluding carboxylic acids is 1. The zero-order chi connectivity index (χ0) is 21.7. The molecule has 0 spiro atoms. The maximum atomic E-state index is 13.6. The Hall–Kier alpha value is -2.84. The zero-order valence-electron chi connectivity index (χ0n) is 16.5. The quantitative estimate of drug-likeness (QED) is 0.527. The van der Waals surface area contributed by atoms with Crippen molar-refractivity contribution in [3.63, 3.8) is 0 Å². The average molecular weight is 489 g/mol. The molecule has 1 N–H and O–H groups in total. The summed E-state index contributed by atoms with van der Waals surface area (Å²) in [5, 5.41) is 2.75. The minimum Gasteiger partial charge on any atom is -0.495 e. The van der Waals surface area contributed by atoms with Gasteiger partial charge >= 0.3 is 0 Å². The molecule has 1 amide bonds. The Labute approximate surface area is 184 Å². The van der Waals surface area contributed by atoms with Crippen molar-refractivity contribution in [3.8, 4) is 5.75 Å². The summed E-state index contributed by atoms with van der Waals surface area (Å²) in [6.45, 7) is 1.40. The van der Waals surface area contributed by atoms with Crippen LogP contribution in [-0.4, -0.2) is 28.0 Å². The van der Waals surface area contributed by atoms with Crippen LogP contribution in [0.25, 0.3) is 0 Å². The maximum Gasteiger partial charge on any atom is 0.268 e. The minimum atomic E-state index is -4.08. The lowest BCUT2D eigenvalue weighted by atomic mass is 10.2. The Bertz CT molecular complexity index is 1150. The number of anilines is 2. The number of sulfonamides is 1. The molecule has 3 aromatic rings. The Morgan fingerprint density at radius 3 is 2.37 bits per heavy atom. The molecule has 0 fully saturated rings. The first-order chi connectivity index (χ1) is 14.3. The third kappa shape index (κ3) is 4.83. The molecule has 0 radical (unpaired) electrons. The predicted octanol–water partition coefficient (Wildman–Crippen LogP) is 4.60. The van der Waals surface area contributed by atoms with E-state index in [-0.39, 0.29) is 10.6 Å². The number of carbonyl (C=O) groups is 1. The van der Waals surface area contributed by atoms with Crippen LogP contribution in [-0.2, 0) is 14.8 Å². The van der Waals surface area contributed by atoms with E-state index in [9.17, 15) is 13.2 Å². The maximum absolute atomic E-state index is 13.6. The summed E-state index contributed by atoms with van der Waals surface area (Å²) >= 11 is 3.38. The molecule has 156 valence electrons. The number of halogens is 1. The Balaban J connectivity index is 2.01. The summed E-state index contributed by atoms with van der Waals surface area (Å²) in [5.74, 6) is -0.256. The fourth-order valence-electron chi connectivity index (χ4n) is 2.90. The van der Waals surface area contributed by atoms with Gasteiger partial charge in [-0.1, -0.05) is 36.4 Å². The average Bonchev–Trinajstić information content (AvgIpc) is 2.74. The summed E-state index contributed by atoms with van der Waals surface area (Å²) in [5.41, 5.74) is 1.70. The lowest BCUT2D eigenvalue weighted by Gasteiger charge is -2.25. The summed E-state index contributed by atoms with van der Waals surface area (Å²) in [6.07, 6.45) is 0. The zero-order valence-corrected chi connectivity index (χ0v) is 18.9. The lowest BCUT2D eigenvalue weighted by molar-refractivity contribution is -0.114. The Morgan fingerprint density at radius 2 is 1.70 bits per heavy atom. The second kappa shape index (κ2) is 9.32. The number of methoxy groups -OCH3 is 1. The van der Waals surface area contributed by atoms with Crippen molar-refractivity contribution in [1.82, 2.24) is 0 Å². The van der Waals surface area contributed by atoms with E-state index in [1.165, 1.54) is 13.2 Å². The van der Waals surface area contributed by atoms with Crippen LogP contribution >= 0.6 is 15.9 Å². The molecule has 6 nitrogen and oxygen atoms in total. The summed E-state index contributed by atoms with van der Waals surface area (Å²) in [7, 11) is -2.67.